The molecule has 0 spiro atoms. The van der Waals surface area contributed by atoms with Crippen molar-refractivity contribution in [2.45, 2.75) is 40.0 Å². The Balaban J connectivity index is 2.25. The molecule has 1 fully saturated rings. The van der Waals surface area contributed by atoms with E-state index in [2.05, 4.69) is 5.10 Å². The Morgan fingerprint density at radius 3 is 2.52 bits per heavy atom. The van der Waals surface area contributed by atoms with Crippen LogP contribution in [0.15, 0.2) is 0 Å². The van der Waals surface area contributed by atoms with Crippen molar-refractivity contribution in [2.75, 3.05) is 13.1 Å². The van der Waals surface area contributed by atoms with Gasteiger partial charge in [0.2, 0.25) is 0 Å². The fourth-order valence-corrected chi connectivity index (χ4v) is 3.25. The Morgan fingerprint density at radius 2 is 2.05 bits per heavy atom. The highest BCUT2D eigenvalue weighted by molar-refractivity contribution is 5.97. The lowest BCUT2D eigenvalue weighted by Gasteiger charge is -2.24. The summed E-state index contributed by atoms with van der Waals surface area (Å²) in [6.45, 7) is 6.44. The van der Waals surface area contributed by atoms with Gasteiger partial charge >= 0.3 is 5.97 Å². The molecule has 1 aromatic heterocycles. The summed E-state index contributed by atoms with van der Waals surface area (Å²) in [6, 6.07) is 0. The van der Waals surface area contributed by atoms with Gasteiger partial charge in [-0.25, -0.2) is 0 Å². The fourth-order valence-electron chi connectivity index (χ4n) is 3.25. The Morgan fingerprint density at radius 1 is 1.38 bits per heavy atom. The largest absolute Gasteiger partial charge is 0.481 e. The zero-order chi connectivity index (χ0) is 15.8. The Hall–Kier alpha value is -1.85. The van der Waals surface area contributed by atoms with Crippen LogP contribution in [0.1, 0.15) is 47.9 Å². The first kappa shape index (κ1) is 15.5. The van der Waals surface area contributed by atoms with Crippen LogP contribution in [0, 0.1) is 19.3 Å². The van der Waals surface area contributed by atoms with Crippen LogP contribution in [0.3, 0.4) is 0 Å². The number of aromatic nitrogens is 2. The molecule has 0 bridgehead atoms. The molecule has 2 heterocycles. The summed E-state index contributed by atoms with van der Waals surface area (Å²) in [5, 5.41) is 13.8. The molecule has 1 saturated heterocycles. The van der Waals surface area contributed by atoms with Crippen LogP contribution in [-0.2, 0) is 11.8 Å². The lowest BCUT2D eigenvalue weighted by molar-refractivity contribution is -0.148. The van der Waals surface area contributed by atoms with Crippen LogP contribution in [0.4, 0.5) is 0 Å². The number of aryl methyl sites for hydroxylation is 2. The highest BCUT2D eigenvalue weighted by atomic mass is 16.4. The van der Waals surface area contributed by atoms with Gasteiger partial charge in [0.1, 0.15) is 0 Å². The van der Waals surface area contributed by atoms with Crippen molar-refractivity contribution in [2.24, 2.45) is 12.5 Å². The van der Waals surface area contributed by atoms with E-state index in [-0.39, 0.29) is 5.91 Å². The van der Waals surface area contributed by atoms with E-state index in [1.54, 1.807) is 9.58 Å². The molecule has 6 nitrogen and oxygen atoms in total. The number of rotatable bonds is 4. The Kier molecular flexibility index (Phi) is 4.07. The number of aliphatic carboxylic acids is 1. The van der Waals surface area contributed by atoms with Crippen molar-refractivity contribution < 1.29 is 14.7 Å². The number of nitrogens with zero attached hydrogens (tertiary/aromatic N) is 3. The molecule has 116 valence electrons. The van der Waals surface area contributed by atoms with Crippen molar-refractivity contribution in [3.8, 4) is 0 Å². The highest BCUT2D eigenvalue weighted by Crippen LogP contribution is 2.36. The number of likely N-dealkylation sites (tertiary alicyclic amines) is 1. The fraction of sp³-hybridized carbons (Fsp3) is 0.667. The first-order valence-electron chi connectivity index (χ1n) is 7.35. The van der Waals surface area contributed by atoms with E-state index in [0.717, 1.165) is 12.1 Å². The van der Waals surface area contributed by atoms with Gasteiger partial charge in [-0.15, -0.1) is 0 Å². The summed E-state index contributed by atoms with van der Waals surface area (Å²) in [7, 11) is 1.81. The molecule has 0 aliphatic carbocycles. The first-order valence-corrected chi connectivity index (χ1v) is 7.35. The lowest BCUT2D eigenvalue weighted by atomic mass is 9.83. The van der Waals surface area contributed by atoms with Gasteiger partial charge < -0.3 is 10.0 Å². The number of carboxylic acids is 1. The Labute approximate surface area is 124 Å². The van der Waals surface area contributed by atoms with Gasteiger partial charge in [0.25, 0.3) is 5.91 Å². The maximum Gasteiger partial charge on any atom is 0.311 e. The monoisotopic (exact) mass is 293 g/mol. The zero-order valence-electron chi connectivity index (χ0n) is 13.1. The van der Waals surface area contributed by atoms with Gasteiger partial charge in [-0.05, 0) is 26.7 Å². The van der Waals surface area contributed by atoms with Crippen molar-refractivity contribution in [3.05, 3.63) is 17.0 Å². The summed E-state index contributed by atoms with van der Waals surface area (Å²) in [6.07, 6.45) is 1.94. The minimum Gasteiger partial charge on any atom is -0.481 e. The van der Waals surface area contributed by atoms with Crippen molar-refractivity contribution in [1.29, 1.82) is 0 Å². The number of carboxylic acid groups (broad SMARTS) is 1. The molecule has 0 radical (unpaired) electrons. The van der Waals surface area contributed by atoms with Crippen LogP contribution < -0.4 is 0 Å². The average Bonchev–Trinajstić information content (AvgIpc) is 2.94. The second-order valence-electron chi connectivity index (χ2n) is 5.98. The van der Waals surface area contributed by atoms with Gasteiger partial charge in [0.15, 0.2) is 0 Å². The molecule has 1 unspecified atom stereocenters. The first-order chi connectivity index (χ1) is 9.82. The molecular formula is C15H23N3O3. The minimum absolute atomic E-state index is 0.0997. The Bertz CT molecular complexity index is 579. The van der Waals surface area contributed by atoms with Gasteiger partial charge in [-0.1, -0.05) is 13.3 Å². The molecule has 0 aromatic carbocycles. The third kappa shape index (κ3) is 2.54. The van der Waals surface area contributed by atoms with E-state index < -0.39 is 11.4 Å². The molecular weight excluding hydrogens is 270 g/mol. The maximum absolute atomic E-state index is 12.7. The average molecular weight is 293 g/mol. The van der Waals surface area contributed by atoms with Crippen molar-refractivity contribution in [1.82, 2.24) is 14.7 Å². The molecule has 2 rings (SSSR count). The van der Waals surface area contributed by atoms with Crippen LogP contribution in [-0.4, -0.2) is 44.8 Å². The molecule has 0 saturated carbocycles. The third-order valence-corrected chi connectivity index (χ3v) is 4.55. The van der Waals surface area contributed by atoms with Crippen LogP contribution >= 0.6 is 0 Å². The second-order valence-corrected chi connectivity index (χ2v) is 5.98. The third-order valence-electron chi connectivity index (χ3n) is 4.55. The van der Waals surface area contributed by atoms with Gasteiger partial charge in [0.05, 0.1) is 16.7 Å². The molecule has 21 heavy (non-hydrogen) atoms. The van der Waals surface area contributed by atoms with Gasteiger partial charge in [-0.2, -0.15) is 5.10 Å². The zero-order valence-corrected chi connectivity index (χ0v) is 13.1. The summed E-state index contributed by atoms with van der Waals surface area (Å²) in [5.41, 5.74) is 1.34. The lowest BCUT2D eigenvalue weighted by Crippen LogP contribution is -2.37. The van der Waals surface area contributed by atoms with E-state index in [4.69, 9.17) is 0 Å². The molecule has 1 amide bonds. The van der Waals surface area contributed by atoms with Crippen LogP contribution in [0.25, 0.3) is 0 Å². The minimum atomic E-state index is -0.792. The van der Waals surface area contributed by atoms with Crippen molar-refractivity contribution >= 4 is 11.9 Å². The predicted molar refractivity (Wildman–Crippen MR) is 78.2 cm³/mol. The summed E-state index contributed by atoms with van der Waals surface area (Å²) >= 11 is 0. The smallest absolute Gasteiger partial charge is 0.311 e. The normalized spacial score (nSPS) is 21.8. The SMILES string of the molecule is CCCC1(C(=O)O)CCN(C(=O)c2c(C)nn(C)c2C)C1. The molecule has 1 N–H and O–H groups in total. The number of hydrogen-bond acceptors (Lipinski definition) is 3. The van der Waals surface area contributed by atoms with Crippen LogP contribution in [0.5, 0.6) is 0 Å². The van der Waals surface area contributed by atoms with E-state index >= 15 is 0 Å². The standard InChI is InChI=1S/C15H23N3O3/c1-5-6-15(14(20)21)7-8-18(9-15)13(19)12-10(2)16-17(4)11(12)3/h5-9H2,1-4H3,(H,20,21). The van der Waals surface area contributed by atoms with E-state index in [0.29, 0.717) is 37.2 Å². The topological polar surface area (TPSA) is 75.4 Å². The predicted octanol–water partition coefficient (Wildman–Crippen LogP) is 1.75. The molecule has 1 aliphatic heterocycles. The highest BCUT2D eigenvalue weighted by Gasteiger charge is 2.46. The molecule has 1 aliphatic rings. The quantitative estimate of drug-likeness (QED) is 0.917. The molecule has 1 atom stereocenters. The maximum atomic E-state index is 12.7. The van der Waals surface area contributed by atoms with Crippen LogP contribution in [0.2, 0.25) is 0 Å². The van der Waals surface area contributed by atoms with Gasteiger partial charge in [-0.3, -0.25) is 14.3 Å². The number of carbonyl (C=O) groups excluding carboxylic acids is 1. The molecule has 6 heteroatoms. The van der Waals surface area contributed by atoms with Gasteiger partial charge in [0, 0.05) is 25.8 Å². The van der Waals surface area contributed by atoms with Crippen molar-refractivity contribution in [3.63, 3.8) is 0 Å². The van der Waals surface area contributed by atoms with E-state index in [1.807, 2.05) is 27.8 Å². The number of hydrogen-bond donors (Lipinski definition) is 1. The summed E-state index contributed by atoms with van der Waals surface area (Å²) in [5.74, 6) is -0.892. The summed E-state index contributed by atoms with van der Waals surface area (Å²) < 4.78 is 1.69. The summed E-state index contributed by atoms with van der Waals surface area (Å²) in [4.78, 5) is 26.0. The number of carbonyl (C=O) groups is 2. The molecule has 1 aromatic rings. The second kappa shape index (κ2) is 5.50. The van der Waals surface area contributed by atoms with E-state index in [1.165, 1.54) is 0 Å². The van der Waals surface area contributed by atoms with E-state index in [9.17, 15) is 14.7 Å². The number of amides is 1.